The summed E-state index contributed by atoms with van der Waals surface area (Å²) in [5.74, 6) is -0.329. The fraction of sp³-hybridized carbons (Fsp3) is 0.154. The highest BCUT2D eigenvalue weighted by molar-refractivity contribution is 5.91. The average Bonchev–Trinajstić information content (AvgIpc) is 2.47. The molecule has 0 radical (unpaired) electrons. The molecule has 0 saturated carbocycles. The van der Waals surface area contributed by atoms with Crippen molar-refractivity contribution in [3.05, 3.63) is 48.4 Å². The van der Waals surface area contributed by atoms with E-state index in [0.717, 1.165) is 16.3 Å². The van der Waals surface area contributed by atoms with Crippen molar-refractivity contribution in [2.45, 2.75) is 0 Å². The highest BCUT2D eigenvalue weighted by Gasteiger charge is 2.13. The minimum atomic E-state index is -0.329. The zero-order valence-electron chi connectivity index (χ0n) is 10.2. The Morgan fingerprint density at radius 1 is 1.17 bits per heavy atom. The van der Waals surface area contributed by atoms with Crippen LogP contribution in [-0.2, 0) is 4.84 Å². The summed E-state index contributed by atoms with van der Waals surface area (Å²) in [5.41, 5.74) is 1.94. The van der Waals surface area contributed by atoms with Crippen molar-refractivity contribution in [2.75, 3.05) is 14.2 Å². The molecule has 1 heterocycles. The molecule has 2 aromatic rings. The fourth-order valence-corrected chi connectivity index (χ4v) is 1.44. The van der Waals surface area contributed by atoms with E-state index in [1.165, 1.54) is 20.4 Å². The van der Waals surface area contributed by atoms with Crippen LogP contribution in [0.3, 0.4) is 0 Å². The normalized spacial score (nSPS) is 10.1. The van der Waals surface area contributed by atoms with Crippen molar-refractivity contribution >= 4 is 5.91 Å². The topological polar surface area (TPSA) is 55.3 Å². The number of hydroxylamine groups is 2. The maximum atomic E-state index is 11.7. The molecule has 1 aromatic heterocycles. The van der Waals surface area contributed by atoms with Crippen LogP contribution in [0.25, 0.3) is 11.3 Å². The molecule has 18 heavy (non-hydrogen) atoms. The lowest BCUT2D eigenvalue weighted by atomic mass is 10.2. The molecule has 92 valence electrons. The van der Waals surface area contributed by atoms with Gasteiger partial charge in [-0.05, 0) is 0 Å². The summed E-state index contributed by atoms with van der Waals surface area (Å²) >= 11 is 0. The maximum absolute atomic E-state index is 11.7. The van der Waals surface area contributed by atoms with Gasteiger partial charge in [0.25, 0.3) is 5.91 Å². The first kappa shape index (κ1) is 12.2. The van der Waals surface area contributed by atoms with Crippen LogP contribution in [0.2, 0.25) is 0 Å². The summed E-state index contributed by atoms with van der Waals surface area (Å²) in [6, 6.07) is 9.66. The largest absolute Gasteiger partial charge is 0.297 e. The predicted octanol–water partition coefficient (Wildman–Crippen LogP) is 1.78. The molecule has 0 aliphatic rings. The van der Waals surface area contributed by atoms with Gasteiger partial charge in [-0.15, -0.1) is 0 Å². The van der Waals surface area contributed by atoms with Gasteiger partial charge in [-0.25, -0.2) is 10.0 Å². The minimum Gasteiger partial charge on any atom is -0.274 e. The Labute approximate surface area is 105 Å². The number of hydrogen-bond acceptors (Lipinski definition) is 4. The molecule has 0 saturated heterocycles. The number of carbonyl (C=O) groups is 1. The molecule has 5 nitrogen and oxygen atoms in total. The first-order valence-electron chi connectivity index (χ1n) is 5.42. The van der Waals surface area contributed by atoms with E-state index >= 15 is 0 Å². The summed E-state index contributed by atoms with van der Waals surface area (Å²) in [7, 11) is 2.94. The number of hydrogen-bond donors (Lipinski definition) is 0. The summed E-state index contributed by atoms with van der Waals surface area (Å²) < 4.78 is 0. The standard InChI is InChI=1S/C13H13N3O2/c1-16(18-2)13(17)12-9-14-11(8-15-12)10-6-4-3-5-7-10/h3-9H,1-2H3. The molecule has 0 fully saturated rings. The van der Waals surface area contributed by atoms with Crippen LogP contribution < -0.4 is 0 Å². The maximum Gasteiger partial charge on any atom is 0.297 e. The first-order valence-corrected chi connectivity index (χ1v) is 5.42. The molecule has 0 aliphatic heterocycles. The molecule has 1 amide bonds. The third kappa shape index (κ3) is 2.52. The summed E-state index contributed by atoms with van der Waals surface area (Å²) in [5, 5.41) is 1.10. The summed E-state index contributed by atoms with van der Waals surface area (Å²) in [6.45, 7) is 0. The molecule has 5 heteroatoms. The molecular formula is C13H13N3O2. The molecular weight excluding hydrogens is 230 g/mol. The van der Waals surface area contributed by atoms with Gasteiger partial charge < -0.3 is 0 Å². The first-order chi connectivity index (χ1) is 8.72. The van der Waals surface area contributed by atoms with Crippen LogP contribution in [0.15, 0.2) is 42.7 Å². The second kappa shape index (κ2) is 5.37. The van der Waals surface area contributed by atoms with Crippen molar-refractivity contribution < 1.29 is 9.63 Å². The highest BCUT2D eigenvalue weighted by atomic mass is 16.7. The second-order valence-corrected chi connectivity index (χ2v) is 3.64. The van der Waals surface area contributed by atoms with Gasteiger partial charge in [0.15, 0.2) is 0 Å². The monoisotopic (exact) mass is 243 g/mol. The van der Waals surface area contributed by atoms with Crippen LogP contribution in [-0.4, -0.2) is 35.1 Å². The minimum absolute atomic E-state index is 0.249. The van der Waals surface area contributed by atoms with Crippen molar-refractivity contribution in [3.63, 3.8) is 0 Å². The van der Waals surface area contributed by atoms with Gasteiger partial charge in [0.05, 0.1) is 25.2 Å². The number of aromatic nitrogens is 2. The van der Waals surface area contributed by atoms with E-state index in [9.17, 15) is 4.79 Å². The molecule has 0 atom stereocenters. The predicted molar refractivity (Wildman–Crippen MR) is 66.6 cm³/mol. The SMILES string of the molecule is CON(C)C(=O)c1cnc(-c2ccccc2)cn1. The second-order valence-electron chi connectivity index (χ2n) is 3.64. The van der Waals surface area contributed by atoms with E-state index in [0.29, 0.717) is 0 Å². The third-order valence-corrected chi connectivity index (χ3v) is 2.50. The smallest absolute Gasteiger partial charge is 0.274 e. The Morgan fingerprint density at radius 2 is 1.89 bits per heavy atom. The molecule has 0 unspecified atom stereocenters. The summed E-state index contributed by atoms with van der Waals surface area (Å²) in [4.78, 5) is 24.8. The molecule has 0 spiro atoms. The van der Waals surface area contributed by atoms with E-state index in [1.54, 1.807) is 6.20 Å². The Hall–Kier alpha value is -2.27. The van der Waals surface area contributed by atoms with Crippen LogP contribution in [0.1, 0.15) is 10.5 Å². The Kier molecular flexibility index (Phi) is 3.64. The fourth-order valence-electron chi connectivity index (χ4n) is 1.44. The van der Waals surface area contributed by atoms with Crippen LogP contribution >= 0.6 is 0 Å². The van der Waals surface area contributed by atoms with Gasteiger partial charge in [0.2, 0.25) is 0 Å². The van der Waals surface area contributed by atoms with E-state index in [4.69, 9.17) is 4.84 Å². The summed E-state index contributed by atoms with van der Waals surface area (Å²) in [6.07, 6.45) is 3.02. The number of nitrogens with zero attached hydrogens (tertiary/aromatic N) is 3. The molecule has 2 rings (SSSR count). The van der Waals surface area contributed by atoms with Gasteiger partial charge in [0, 0.05) is 12.6 Å². The Bertz CT molecular complexity index is 526. The Balaban J connectivity index is 2.23. The van der Waals surface area contributed by atoms with Crippen molar-refractivity contribution in [3.8, 4) is 11.3 Å². The molecule has 0 aliphatic carbocycles. The lowest BCUT2D eigenvalue weighted by Gasteiger charge is -2.12. The number of benzene rings is 1. The number of amides is 1. The lowest BCUT2D eigenvalue weighted by Crippen LogP contribution is -2.26. The van der Waals surface area contributed by atoms with Gasteiger partial charge in [-0.2, -0.15) is 0 Å². The van der Waals surface area contributed by atoms with Gasteiger partial charge in [0.1, 0.15) is 5.69 Å². The zero-order chi connectivity index (χ0) is 13.0. The number of carbonyl (C=O) groups excluding carboxylic acids is 1. The third-order valence-electron chi connectivity index (χ3n) is 2.50. The van der Waals surface area contributed by atoms with Crippen molar-refractivity contribution in [1.29, 1.82) is 0 Å². The highest BCUT2D eigenvalue weighted by Crippen LogP contribution is 2.14. The van der Waals surface area contributed by atoms with Crippen molar-refractivity contribution in [1.82, 2.24) is 15.0 Å². The average molecular weight is 243 g/mol. The number of rotatable bonds is 3. The molecule has 0 bridgehead atoms. The van der Waals surface area contributed by atoms with E-state index < -0.39 is 0 Å². The van der Waals surface area contributed by atoms with Gasteiger partial charge >= 0.3 is 0 Å². The van der Waals surface area contributed by atoms with E-state index in [2.05, 4.69) is 9.97 Å². The quantitative estimate of drug-likeness (QED) is 0.771. The van der Waals surface area contributed by atoms with E-state index in [1.807, 2.05) is 30.3 Å². The van der Waals surface area contributed by atoms with Crippen LogP contribution in [0, 0.1) is 0 Å². The van der Waals surface area contributed by atoms with Crippen LogP contribution in [0.4, 0.5) is 0 Å². The Morgan fingerprint density at radius 3 is 2.44 bits per heavy atom. The zero-order valence-corrected chi connectivity index (χ0v) is 10.2. The van der Waals surface area contributed by atoms with Gasteiger partial charge in [-0.1, -0.05) is 30.3 Å². The van der Waals surface area contributed by atoms with Crippen molar-refractivity contribution in [2.24, 2.45) is 0 Å². The lowest BCUT2D eigenvalue weighted by molar-refractivity contribution is -0.0760. The van der Waals surface area contributed by atoms with E-state index in [-0.39, 0.29) is 11.6 Å². The molecule has 1 aromatic carbocycles. The van der Waals surface area contributed by atoms with Crippen LogP contribution in [0.5, 0.6) is 0 Å². The van der Waals surface area contributed by atoms with Gasteiger partial charge in [-0.3, -0.25) is 14.6 Å². The molecule has 0 N–H and O–H groups in total.